The molecule has 0 amide bonds. The molecule has 0 unspecified atom stereocenters. The van der Waals surface area contributed by atoms with E-state index in [1.165, 1.54) is 0 Å². The maximum atomic E-state index is 12.5. The molecule has 3 aromatic carbocycles. The molecule has 1 saturated heterocycles. The number of rotatable bonds is 8. The average molecular weight is 500 g/mol. The zero-order valence-corrected chi connectivity index (χ0v) is 20.4. The molecule has 0 bridgehead atoms. The highest BCUT2D eigenvalue weighted by Gasteiger charge is 2.32. The number of fused-ring (bicyclic) bond motifs is 2. The molecular weight excluding hydrogens is 470 g/mol. The fourth-order valence-electron chi connectivity index (χ4n) is 5.14. The SMILES string of the molecule is O=C(O)[C@@H](c1c[nH]c2ccc(OCc3ccccc3)cc12)N1CCN(Cc2ccc3c(c2)OCO3)CC1. The molecule has 1 fully saturated rings. The molecule has 8 heteroatoms. The zero-order valence-electron chi connectivity index (χ0n) is 20.4. The van der Waals surface area contributed by atoms with Crippen molar-refractivity contribution in [1.82, 2.24) is 14.8 Å². The molecule has 6 rings (SSSR count). The van der Waals surface area contributed by atoms with E-state index in [1.807, 2.05) is 66.9 Å². The molecule has 2 N–H and O–H groups in total. The van der Waals surface area contributed by atoms with E-state index in [-0.39, 0.29) is 6.79 Å². The van der Waals surface area contributed by atoms with E-state index in [4.69, 9.17) is 14.2 Å². The Morgan fingerprint density at radius 1 is 0.946 bits per heavy atom. The number of hydrogen-bond acceptors (Lipinski definition) is 6. The molecular formula is C29H29N3O5. The van der Waals surface area contributed by atoms with Crippen molar-refractivity contribution in [3.63, 3.8) is 0 Å². The van der Waals surface area contributed by atoms with Crippen molar-refractivity contribution in [2.45, 2.75) is 19.2 Å². The quantitative estimate of drug-likeness (QED) is 0.371. The van der Waals surface area contributed by atoms with Gasteiger partial charge in [-0.25, -0.2) is 0 Å². The van der Waals surface area contributed by atoms with Crippen LogP contribution < -0.4 is 14.2 Å². The van der Waals surface area contributed by atoms with Crippen LogP contribution in [-0.2, 0) is 17.9 Å². The number of hydrogen-bond donors (Lipinski definition) is 2. The number of aromatic amines is 1. The molecule has 2 aliphatic heterocycles. The van der Waals surface area contributed by atoms with Gasteiger partial charge in [0.15, 0.2) is 11.5 Å². The predicted octanol–water partition coefficient (Wildman–Crippen LogP) is 4.42. The van der Waals surface area contributed by atoms with Gasteiger partial charge in [-0.15, -0.1) is 0 Å². The van der Waals surface area contributed by atoms with E-state index in [0.29, 0.717) is 19.7 Å². The minimum Gasteiger partial charge on any atom is -0.489 e. The number of piperazine rings is 1. The fraction of sp³-hybridized carbons (Fsp3) is 0.276. The largest absolute Gasteiger partial charge is 0.489 e. The van der Waals surface area contributed by atoms with Crippen LogP contribution in [-0.4, -0.2) is 58.8 Å². The third-order valence-corrected chi connectivity index (χ3v) is 7.08. The number of benzene rings is 3. The first-order chi connectivity index (χ1) is 18.1. The second-order valence-electron chi connectivity index (χ2n) is 9.47. The van der Waals surface area contributed by atoms with Crippen molar-refractivity contribution in [3.05, 3.63) is 89.6 Å². The molecule has 3 heterocycles. The van der Waals surface area contributed by atoms with E-state index in [1.54, 1.807) is 0 Å². The predicted molar refractivity (Wildman–Crippen MR) is 139 cm³/mol. The Balaban J connectivity index is 1.14. The first-order valence-electron chi connectivity index (χ1n) is 12.5. The second kappa shape index (κ2) is 10.2. The molecule has 2 aliphatic rings. The second-order valence-corrected chi connectivity index (χ2v) is 9.47. The molecule has 190 valence electrons. The molecule has 8 nitrogen and oxygen atoms in total. The van der Waals surface area contributed by atoms with E-state index < -0.39 is 12.0 Å². The van der Waals surface area contributed by atoms with Crippen LogP contribution in [0.3, 0.4) is 0 Å². The van der Waals surface area contributed by atoms with Gasteiger partial charge in [0, 0.05) is 55.4 Å². The van der Waals surface area contributed by atoms with Crippen LogP contribution in [0.15, 0.2) is 72.9 Å². The van der Waals surface area contributed by atoms with Crippen molar-refractivity contribution in [2.75, 3.05) is 33.0 Å². The lowest BCUT2D eigenvalue weighted by Crippen LogP contribution is -2.48. The van der Waals surface area contributed by atoms with Gasteiger partial charge in [-0.05, 0) is 41.5 Å². The van der Waals surface area contributed by atoms with Gasteiger partial charge in [0.05, 0.1) is 0 Å². The van der Waals surface area contributed by atoms with Crippen molar-refractivity contribution in [1.29, 1.82) is 0 Å². The summed E-state index contributed by atoms with van der Waals surface area (Å²) in [6.07, 6.45) is 1.82. The van der Waals surface area contributed by atoms with Crippen LogP contribution in [0.4, 0.5) is 0 Å². The maximum Gasteiger partial charge on any atom is 0.325 e. The number of ether oxygens (including phenoxy) is 3. The average Bonchev–Trinajstić information content (AvgIpc) is 3.56. The Hall–Kier alpha value is -4.01. The topological polar surface area (TPSA) is 87.3 Å². The summed E-state index contributed by atoms with van der Waals surface area (Å²) < 4.78 is 16.9. The summed E-state index contributed by atoms with van der Waals surface area (Å²) in [5, 5.41) is 11.1. The molecule has 0 radical (unpaired) electrons. The van der Waals surface area contributed by atoms with Gasteiger partial charge in [-0.3, -0.25) is 14.6 Å². The summed E-state index contributed by atoms with van der Waals surface area (Å²) in [4.78, 5) is 20.1. The van der Waals surface area contributed by atoms with E-state index in [0.717, 1.165) is 64.5 Å². The number of aromatic nitrogens is 1. The lowest BCUT2D eigenvalue weighted by Gasteiger charge is -2.37. The number of aliphatic carboxylic acids is 1. The van der Waals surface area contributed by atoms with Crippen molar-refractivity contribution >= 4 is 16.9 Å². The molecule has 1 atom stereocenters. The van der Waals surface area contributed by atoms with Crippen LogP contribution in [0, 0.1) is 0 Å². The summed E-state index contributed by atoms with van der Waals surface area (Å²) in [6, 6.07) is 21.1. The highest BCUT2D eigenvalue weighted by Crippen LogP contribution is 2.34. The summed E-state index contributed by atoms with van der Waals surface area (Å²) in [5.41, 5.74) is 3.90. The molecule has 37 heavy (non-hydrogen) atoms. The third-order valence-electron chi connectivity index (χ3n) is 7.08. The Morgan fingerprint density at radius 2 is 1.76 bits per heavy atom. The normalized spacial score (nSPS) is 16.6. The van der Waals surface area contributed by atoms with Crippen LogP contribution >= 0.6 is 0 Å². The monoisotopic (exact) mass is 499 g/mol. The summed E-state index contributed by atoms with van der Waals surface area (Å²) >= 11 is 0. The highest BCUT2D eigenvalue weighted by atomic mass is 16.7. The van der Waals surface area contributed by atoms with Crippen LogP contribution in [0.5, 0.6) is 17.2 Å². The lowest BCUT2D eigenvalue weighted by atomic mass is 10.0. The van der Waals surface area contributed by atoms with E-state index >= 15 is 0 Å². The first-order valence-corrected chi connectivity index (χ1v) is 12.5. The lowest BCUT2D eigenvalue weighted by molar-refractivity contribution is -0.144. The summed E-state index contributed by atoms with van der Waals surface area (Å²) in [5.74, 6) is 1.44. The Bertz CT molecular complexity index is 1400. The van der Waals surface area contributed by atoms with Gasteiger partial charge in [0.2, 0.25) is 6.79 Å². The van der Waals surface area contributed by atoms with Crippen LogP contribution in [0.25, 0.3) is 10.9 Å². The number of carboxylic acids is 1. The third kappa shape index (κ3) is 4.98. The molecule has 4 aromatic rings. The van der Waals surface area contributed by atoms with Crippen molar-refractivity contribution < 1.29 is 24.1 Å². The van der Waals surface area contributed by atoms with Gasteiger partial charge in [-0.1, -0.05) is 36.4 Å². The number of H-pyrrole nitrogens is 1. The van der Waals surface area contributed by atoms with Crippen LogP contribution in [0.1, 0.15) is 22.7 Å². The Morgan fingerprint density at radius 3 is 2.57 bits per heavy atom. The van der Waals surface area contributed by atoms with Gasteiger partial charge < -0.3 is 24.3 Å². The summed E-state index contributed by atoms with van der Waals surface area (Å²) in [6.45, 7) is 4.41. The maximum absolute atomic E-state index is 12.5. The number of nitrogens with one attached hydrogen (secondary N) is 1. The van der Waals surface area contributed by atoms with E-state index in [9.17, 15) is 9.90 Å². The number of carbonyl (C=O) groups is 1. The first kappa shape index (κ1) is 23.4. The molecule has 0 spiro atoms. The number of carboxylic acid groups (broad SMARTS) is 1. The highest BCUT2D eigenvalue weighted by molar-refractivity contribution is 5.90. The molecule has 0 aliphatic carbocycles. The van der Waals surface area contributed by atoms with Gasteiger partial charge in [0.1, 0.15) is 18.4 Å². The van der Waals surface area contributed by atoms with Gasteiger partial charge in [-0.2, -0.15) is 0 Å². The minimum absolute atomic E-state index is 0.266. The molecule has 1 aromatic heterocycles. The van der Waals surface area contributed by atoms with Gasteiger partial charge in [0.25, 0.3) is 0 Å². The standard InChI is InChI=1S/C29H29N3O5/c33-29(34)28(32-12-10-31(11-13-32)17-21-6-9-26-27(14-21)37-19-36-26)24-16-30-25-8-7-22(15-23(24)25)35-18-20-4-2-1-3-5-20/h1-9,14-16,28,30H,10-13,17-19H2,(H,33,34)/t28-/m1/s1. The number of nitrogens with zero attached hydrogens (tertiary/aromatic N) is 2. The van der Waals surface area contributed by atoms with E-state index in [2.05, 4.69) is 20.9 Å². The van der Waals surface area contributed by atoms with Crippen molar-refractivity contribution in [2.24, 2.45) is 0 Å². The summed E-state index contributed by atoms with van der Waals surface area (Å²) in [7, 11) is 0. The zero-order chi connectivity index (χ0) is 25.2. The van der Waals surface area contributed by atoms with Crippen molar-refractivity contribution in [3.8, 4) is 17.2 Å². The van der Waals surface area contributed by atoms with Gasteiger partial charge >= 0.3 is 5.97 Å². The Labute approximate surface area is 215 Å². The minimum atomic E-state index is -0.847. The fourth-order valence-corrected chi connectivity index (χ4v) is 5.14. The molecule has 0 saturated carbocycles. The van der Waals surface area contributed by atoms with Crippen LogP contribution in [0.2, 0.25) is 0 Å². The Kier molecular flexibility index (Phi) is 6.42. The smallest absolute Gasteiger partial charge is 0.325 e.